The molecule has 0 nitrogen and oxygen atoms in total. The highest BCUT2D eigenvalue weighted by Gasteiger charge is 2.00. The Labute approximate surface area is 121 Å². The van der Waals surface area contributed by atoms with Gasteiger partial charge in [-0.25, -0.2) is 0 Å². The van der Waals surface area contributed by atoms with Crippen molar-refractivity contribution in [1.82, 2.24) is 0 Å². The number of halogens is 1. The molecule has 0 amide bonds. The number of rotatable bonds is 3. The average molecular weight is 354 g/mol. The molecule has 0 aromatic heterocycles. The third-order valence-electron chi connectivity index (χ3n) is 2.70. The van der Waals surface area contributed by atoms with Gasteiger partial charge in [0.1, 0.15) is 0 Å². The summed E-state index contributed by atoms with van der Waals surface area (Å²) in [5.41, 5.74) is 2.74. The average Bonchev–Trinajstić information content (AvgIpc) is 2.35. The number of benzene rings is 2. The summed E-state index contributed by atoms with van der Waals surface area (Å²) in [5.74, 6) is 0. The third-order valence-corrected chi connectivity index (χ3v) is 4.90. The molecule has 2 aromatic carbocycles. The summed E-state index contributed by atoms with van der Waals surface area (Å²) in [7, 11) is 0. The van der Waals surface area contributed by atoms with E-state index < -0.39 is 0 Å². The first-order valence-electron chi connectivity index (χ1n) is 5.72. The van der Waals surface area contributed by atoms with Crippen LogP contribution in [0.1, 0.15) is 18.1 Å². The lowest BCUT2D eigenvalue weighted by molar-refractivity contribution is 1.13. The molecule has 2 aromatic rings. The van der Waals surface area contributed by atoms with Crippen LogP contribution in [-0.4, -0.2) is 0 Å². The van der Waals surface area contributed by atoms with Gasteiger partial charge < -0.3 is 0 Å². The van der Waals surface area contributed by atoms with E-state index in [4.69, 9.17) is 0 Å². The van der Waals surface area contributed by atoms with Gasteiger partial charge in [0.15, 0.2) is 0 Å². The van der Waals surface area contributed by atoms with Crippen molar-refractivity contribution in [3.05, 3.63) is 57.2 Å². The van der Waals surface area contributed by atoms with Crippen molar-refractivity contribution in [3.63, 3.8) is 0 Å². The minimum Gasteiger partial charge on any atom is -0.0901 e. The summed E-state index contributed by atoms with van der Waals surface area (Å²) in [6.07, 6.45) is 1.10. The van der Waals surface area contributed by atoms with Crippen molar-refractivity contribution in [2.75, 3.05) is 0 Å². The fraction of sp³-hybridized carbons (Fsp3) is 0.200. The quantitative estimate of drug-likeness (QED) is 0.673. The molecule has 2 rings (SSSR count). The lowest BCUT2D eigenvalue weighted by atomic mass is 10.2. The van der Waals surface area contributed by atoms with Crippen molar-refractivity contribution in [3.8, 4) is 0 Å². The maximum absolute atomic E-state index is 2.37. The zero-order chi connectivity index (χ0) is 12.3. The molecule has 17 heavy (non-hydrogen) atoms. The van der Waals surface area contributed by atoms with Gasteiger partial charge in [0.05, 0.1) is 0 Å². The van der Waals surface area contributed by atoms with Gasteiger partial charge in [-0.3, -0.25) is 0 Å². The van der Waals surface area contributed by atoms with Crippen LogP contribution in [0.4, 0.5) is 0 Å². The fourth-order valence-electron chi connectivity index (χ4n) is 1.61. The topological polar surface area (TPSA) is 0 Å². The minimum absolute atomic E-state index is 1.10. The standard InChI is InChI=1S/C15H15IS/c1-3-12-4-6-13(7-5-12)17-14-8-9-15(16)11(2)10-14/h4-10H,3H2,1-2H3. The van der Waals surface area contributed by atoms with E-state index in [0.717, 1.165) is 6.42 Å². The van der Waals surface area contributed by atoms with Gasteiger partial charge in [-0.15, -0.1) is 0 Å². The Morgan fingerprint density at radius 1 is 1.00 bits per heavy atom. The highest BCUT2D eigenvalue weighted by molar-refractivity contribution is 14.1. The zero-order valence-electron chi connectivity index (χ0n) is 10.0. The van der Waals surface area contributed by atoms with Crippen LogP contribution in [0, 0.1) is 10.5 Å². The van der Waals surface area contributed by atoms with Crippen LogP contribution in [0.25, 0.3) is 0 Å². The summed E-state index contributed by atoms with van der Waals surface area (Å²) >= 11 is 4.20. The molecular weight excluding hydrogens is 339 g/mol. The minimum atomic E-state index is 1.10. The molecule has 0 aliphatic rings. The lowest BCUT2D eigenvalue weighted by Crippen LogP contribution is -1.82. The van der Waals surface area contributed by atoms with E-state index in [1.165, 1.54) is 24.5 Å². The normalized spacial score (nSPS) is 10.5. The first kappa shape index (κ1) is 13.0. The Hall–Kier alpha value is -0.480. The van der Waals surface area contributed by atoms with E-state index in [9.17, 15) is 0 Å². The zero-order valence-corrected chi connectivity index (χ0v) is 13.0. The van der Waals surface area contributed by atoms with E-state index in [-0.39, 0.29) is 0 Å². The summed E-state index contributed by atoms with van der Waals surface area (Å²) in [5, 5.41) is 0. The van der Waals surface area contributed by atoms with Crippen LogP contribution in [0.3, 0.4) is 0 Å². The highest BCUT2D eigenvalue weighted by atomic mass is 127. The largest absolute Gasteiger partial charge is 0.0901 e. The van der Waals surface area contributed by atoms with E-state index in [1.54, 1.807) is 0 Å². The SMILES string of the molecule is CCc1ccc(Sc2ccc(I)c(C)c2)cc1. The summed E-state index contributed by atoms with van der Waals surface area (Å²) in [4.78, 5) is 2.62. The molecule has 88 valence electrons. The molecule has 0 radical (unpaired) electrons. The molecule has 0 aliphatic carbocycles. The molecule has 0 aliphatic heterocycles. The van der Waals surface area contributed by atoms with Crippen molar-refractivity contribution >= 4 is 34.4 Å². The van der Waals surface area contributed by atoms with Gasteiger partial charge in [-0.1, -0.05) is 30.8 Å². The fourth-order valence-corrected chi connectivity index (χ4v) is 2.86. The van der Waals surface area contributed by atoms with Crippen molar-refractivity contribution in [2.24, 2.45) is 0 Å². The van der Waals surface area contributed by atoms with Gasteiger partial charge in [-0.05, 0) is 77.4 Å². The molecule has 0 spiro atoms. The van der Waals surface area contributed by atoms with Crippen molar-refractivity contribution in [2.45, 2.75) is 30.1 Å². The Morgan fingerprint density at radius 3 is 2.24 bits per heavy atom. The lowest BCUT2D eigenvalue weighted by Gasteiger charge is -2.05. The molecule has 0 atom stereocenters. The highest BCUT2D eigenvalue weighted by Crippen LogP contribution is 2.29. The Kier molecular flexibility index (Phi) is 4.51. The van der Waals surface area contributed by atoms with Crippen LogP contribution in [-0.2, 0) is 6.42 Å². The summed E-state index contributed by atoms with van der Waals surface area (Å²) in [6, 6.07) is 15.4. The van der Waals surface area contributed by atoms with Crippen molar-refractivity contribution in [1.29, 1.82) is 0 Å². The predicted octanol–water partition coefficient (Wildman–Crippen LogP) is 5.31. The monoisotopic (exact) mass is 354 g/mol. The molecule has 0 saturated carbocycles. The van der Waals surface area contributed by atoms with Crippen LogP contribution >= 0.6 is 34.4 Å². The Morgan fingerprint density at radius 2 is 1.65 bits per heavy atom. The summed E-state index contributed by atoms with van der Waals surface area (Å²) in [6.45, 7) is 4.34. The number of hydrogen-bond acceptors (Lipinski definition) is 1. The molecule has 0 N–H and O–H groups in total. The van der Waals surface area contributed by atoms with Gasteiger partial charge in [0, 0.05) is 13.4 Å². The van der Waals surface area contributed by atoms with Gasteiger partial charge >= 0.3 is 0 Å². The first-order chi connectivity index (χ1) is 8.19. The van der Waals surface area contributed by atoms with Crippen molar-refractivity contribution < 1.29 is 0 Å². The van der Waals surface area contributed by atoms with E-state index in [0.29, 0.717) is 0 Å². The number of aryl methyl sites for hydroxylation is 2. The van der Waals surface area contributed by atoms with E-state index in [1.807, 2.05) is 11.8 Å². The summed E-state index contributed by atoms with van der Waals surface area (Å²) < 4.78 is 1.33. The second-order valence-corrected chi connectivity index (χ2v) is 6.32. The predicted molar refractivity (Wildman–Crippen MR) is 83.8 cm³/mol. The molecule has 0 heterocycles. The molecule has 2 heteroatoms. The second kappa shape index (κ2) is 5.91. The van der Waals surface area contributed by atoms with E-state index >= 15 is 0 Å². The van der Waals surface area contributed by atoms with Crippen LogP contribution < -0.4 is 0 Å². The van der Waals surface area contributed by atoms with Crippen LogP contribution in [0.5, 0.6) is 0 Å². The molecule has 0 saturated heterocycles. The molecule has 0 unspecified atom stereocenters. The van der Waals surface area contributed by atoms with E-state index in [2.05, 4.69) is 78.9 Å². The Bertz CT molecular complexity index is 503. The maximum atomic E-state index is 2.37. The maximum Gasteiger partial charge on any atom is 0.0160 e. The van der Waals surface area contributed by atoms with Crippen LogP contribution in [0.2, 0.25) is 0 Å². The molecule has 0 fully saturated rings. The van der Waals surface area contributed by atoms with Gasteiger partial charge in [0.2, 0.25) is 0 Å². The Balaban J connectivity index is 2.16. The molecular formula is C15H15IS. The third kappa shape index (κ3) is 3.49. The van der Waals surface area contributed by atoms with Gasteiger partial charge in [0.25, 0.3) is 0 Å². The first-order valence-corrected chi connectivity index (χ1v) is 7.61. The number of hydrogen-bond donors (Lipinski definition) is 0. The smallest absolute Gasteiger partial charge is 0.0160 e. The van der Waals surface area contributed by atoms with Gasteiger partial charge in [-0.2, -0.15) is 0 Å². The molecule has 0 bridgehead atoms. The van der Waals surface area contributed by atoms with Crippen LogP contribution in [0.15, 0.2) is 52.3 Å². The second-order valence-electron chi connectivity index (χ2n) is 4.01.